The molecule has 2 aliphatic carbocycles. The third kappa shape index (κ3) is 3.68. The summed E-state index contributed by atoms with van der Waals surface area (Å²) < 4.78 is 10.9. The molecule has 0 saturated heterocycles. The standard InChI is InChI=1S/C43H25N3O4S2/c1-44-24(16-30-38(47)26-12-20-8-4-5-9-21(20)13-27(26)39(30)48)18-32-34(44)36-42(51-32)43-37(46(36)3)35-33(52-43)19-25(45(35)2)17-31-40(49)28-14-22-10-6-7-11-23(22)15-29(28)41(31)50/h4-19H,1-3H3. The average Bonchev–Trinajstić information content (AvgIpc) is 3.98. The zero-order valence-electron chi connectivity index (χ0n) is 28.0. The lowest BCUT2D eigenvalue weighted by molar-refractivity contribution is 0.0975. The van der Waals surface area contributed by atoms with Gasteiger partial charge in [-0.1, -0.05) is 48.5 Å². The van der Waals surface area contributed by atoms with Gasteiger partial charge in [0.2, 0.25) is 0 Å². The second-order valence-corrected chi connectivity index (χ2v) is 15.8. The highest BCUT2D eigenvalue weighted by molar-refractivity contribution is 7.33. The Labute approximate surface area is 302 Å². The molecule has 5 aromatic heterocycles. The van der Waals surface area contributed by atoms with Crippen molar-refractivity contribution in [3.05, 3.63) is 130 Å². The molecule has 4 aromatic carbocycles. The Hall–Kier alpha value is -6.16. The smallest absolute Gasteiger partial charge is 0.197 e. The van der Waals surface area contributed by atoms with Gasteiger partial charge in [0.15, 0.2) is 23.1 Å². The summed E-state index contributed by atoms with van der Waals surface area (Å²) in [5.41, 5.74) is 8.02. The second kappa shape index (κ2) is 10.00. The summed E-state index contributed by atoms with van der Waals surface area (Å²) in [6.45, 7) is 0. The number of hydrogen-bond donors (Lipinski definition) is 0. The maximum atomic E-state index is 13.5. The van der Waals surface area contributed by atoms with Crippen molar-refractivity contribution in [1.82, 2.24) is 13.7 Å². The Morgan fingerprint density at radius 3 is 1.10 bits per heavy atom. The first-order chi connectivity index (χ1) is 25.2. The minimum absolute atomic E-state index is 0.186. The molecular weight excluding hydrogens is 687 g/mol. The quantitative estimate of drug-likeness (QED) is 0.132. The van der Waals surface area contributed by atoms with Crippen LogP contribution in [0.3, 0.4) is 0 Å². The summed E-state index contributed by atoms with van der Waals surface area (Å²) in [5, 5.41) is 3.74. The predicted molar refractivity (Wildman–Crippen MR) is 210 cm³/mol. The van der Waals surface area contributed by atoms with E-state index >= 15 is 0 Å². The summed E-state index contributed by atoms with van der Waals surface area (Å²) in [6.07, 6.45) is 3.47. The van der Waals surface area contributed by atoms with Gasteiger partial charge < -0.3 is 13.7 Å². The van der Waals surface area contributed by atoms with Gasteiger partial charge in [0.05, 0.1) is 52.0 Å². The maximum absolute atomic E-state index is 13.5. The van der Waals surface area contributed by atoms with E-state index in [2.05, 4.69) is 32.9 Å². The van der Waals surface area contributed by atoms with Crippen LogP contribution in [-0.4, -0.2) is 36.8 Å². The van der Waals surface area contributed by atoms with Crippen molar-refractivity contribution in [2.45, 2.75) is 0 Å². The lowest BCUT2D eigenvalue weighted by atomic mass is 10.0. The highest BCUT2D eigenvalue weighted by Crippen LogP contribution is 2.48. The molecule has 7 nitrogen and oxygen atoms in total. The number of rotatable bonds is 2. The van der Waals surface area contributed by atoms with Crippen molar-refractivity contribution in [2.75, 3.05) is 0 Å². The highest BCUT2D eigenvalue weighted by Gasteiger charge is 2.35. The van der Waals surface area contributed by atoms with Gasteiger partial charge in [-0.15, -0.1) is 22.7 Å². The lowest BCUT2D eigenvalue weighted by Gasteiger charge is -2.04. The number of carbonyl (C=O) groups is 4. The Bertz CT molecular complexity index is 2970. The number of ketones is 4. The molecule has 0 radical (unpaired) electrons. The molecule has 9 heteroatoms. The van der Waals surface area contributed by atoms with Crippen molar-refractivity contribution in [3.63, 3.8) is 0 Å². The number of carbonyl (C=O) groups excluding carboxylic acids is 4. The maximum Gasteiger partial charge on any atom is 0.197 e. The third-order valence-corrected chi connectivity index (χ3v) is 13.4. The minimum atomic E-state index is -0.241. The van der Waals surface area contributed by atoms with Gasteiger partial charge in [-0.2, -0.15) is 0 Å². The van der Waals surface area contributed by atoms with Crippen molar-refractivity contribution in [2.24, 2.45) is 21.1 Å². The number of allylic oxidation sites excluding steroid dienone is 2. The molecule has 248 valence electrons. The van der Waals surface area contributed by atoms with Crippen molar-refractivity contribution in [1.29, 1.82) is 0 Å². The Morgan fingerprint density at radius 1 is 0.442 bits per heavy atom. The summed E-state index contributed by atoms with van der Waals surface area (Å²) in [5.74, 6) is -0.963. The Balaban J connectivity index is 1.01. The predicted octanol–water partition coefficient (Wildman–Crippen LogP) is 9.67. The fraction of sp³-hybridized carbons (Fsp3) is 0.0698. The van der Waals surface area contributed by atoms with Gasteiger partial charge in [-0.05, 0) is 70.1 Å². The van der Waals surface area contributed by atoms with E-state index in [1.54, 1.807) is 34.8 Å². The van der Waals surface area contributed by atoms with E-state index in [-0.39, 0.29) is 34.3 Å². The molecular formula is C43H25N3O4S2. The Kier molecular flexibility index (Phi) is 5.68. The van der Waals surface area contributed by atoms with Crippen LogP contribution in [0.15, 0.2) is 96.1 Å². The number of nitrogens with zero attached hydrogens (tertiary/aromatic N) is 3. The van der Waals surface area contributed by atoms with Crippen LogP contribution in [0.4, 0.5) is 0 Å². The summed E-state index contributed by atoms with van der Waals surface area (Å²) in [7, 11) is 6.02. The summed E-state index contributed by atoms with van der Waals surface area (Å²) in [4.78, 5) is 54.1. The molecule has 0 N–H and O–H groups in total. The van der Waals surface area contributed by atoms with E-state index < -0.39 is 0 Å². The molecule has 0 amide bonds. The monoisotopic (exact) mass is 711 g/mol. The van der Waals surface area contributed by atoms with Gasteiger partial charge in [-0.25, -0.2) is 0 Å². The van der Waals surface area contributed by atoms with E-state index in [0.29, 0.717) is 22.3 Å². The van der Waals surface area contributed by atoms with Crippen LogP contribution in [0, 0.1) is 0 Å². The third-order valence-electron chi connectivity index (χ3n) is 11.0. The molecule has 0 aliphatic heterocycles. The molecule has 9 aromatic rings. The summed E-state index contributed by atoms with van der Waals surface area (Å²) >= 11 is 3.41. The second-order valence-electron chi connectivity index (χ2n) is 13.7. The van der Waals surface area contributed by atoms with Crippen LogP contribution in [0.2, 0.25) is 0 Å². The van der Waals surface area contributed by atoms with Crippen molar-refractivity contribution < 1.29 is 19.2 Å². The van der Waals surface area contributed by atoms with Crippen LogP contribution < -0.4 is 0 Å². The number of fused-ring (bicyclic) bond motifs is 11. The van der Waals surface area contributed by atoms with Crippen LogP contribution in [0.25, 0.3) is 74.6 Å². The summed E-state index contributed by atoms with van der Waals surface area (Å²) in [6, 6.07) is 27.0. The molecule has 0 spiro atoms. The Morgan fingerprint density at radius 2 is 0.769 bits per heavy atom. The lowest BCUT2D eigenvalue weighted by Crippen LogP contribution is -2.02. The number of hydrogen-bond acceptors (Lipinski definition) is 6. The number of aryl methyl sites for hydroxylation is 3. The van der Waals surface area contributed by atoms with E-state index in [1.807, 2.05) is 86.9 Å². The molecule has 0 unspecified atom stereocenters. The first kappa shape index (κ1) is 29.6. The van der Waals surface area contributed by atoms with Crippen LogP contribution in [0.5, 0.6) is 0 Å². The van der Waals surface area contributed by atoms with E-state index in [4.69, 9.17) is 0 Å². The average molecular weight is 712 g/mol. The van der Waals surface area contributed by atoms with Crippen LogP contribution >= 0.6 is 22.7 Å². The normalized spacial score (nSPS) is 14.5. The van der Waals surface area contributed by atoms with Crippen LogP contribution in [-0.2, 0) is 21.1 Å². The molecule has 11 rings (SSSR count). The molecule has 5 heterocycles. The van der Waals surface area contributed by atoms with E-state index in [9.17, 15) is 19.2 Å². The SMILES string of the molecule is Cn1c(C=C2C(=O)c3cc4ccccc4cc3C2=O)cc2sc3c4sc5cc(C=C6C(=O)c7cc8ccccc8cc7C6=O)n(C)c5c4n(C)c3c21. The zero-order valence-corrected chi connectivity index (χ0v) is 29.7. The number of benzene rings is 4. The fourth-order valence-corrected chi connectivity index (χ4v) is 11.1. The topological polar surface area (TPSA) is 83.1 Å². The van der Waals surface area contributed by atoms with E-state index in [0.717, 1.165) is 64.4 Å². The first-order valence-corrected chi connectivity index (χ1v) is 18.5. The molecule has 0 bridgehead atoms. The number of aromatic nitrogens is 3. The zero-order chi connectivity index (χ0) is 35.3. The van der Waals surface area contributed by atoms with Gasteiger partial charge in [0.1, 0.15) is 0 Å². The molecule has 0 saturated carbocycles. The first-order valence-electron chi connectivity index (χ1n) is 16.8. The van der Waals surface area contributed by atoms with Gasteiger partial charge in [-0.3, -0.25) is 19.2 Å². The van der Waals surface area contributed by atoms with Gasteiger partial charge in [0, 0.05) is 54.8 Å². The molecule has 2 aliphatic rings. The van der Waals surface area contributed by atoms with Crippen molar-refractivity contribution >= 4 is 120 Å². The van der Waals surface area contributed by atoms with Gasteiger partial charge >= 0.3 is 0 Å². The van der Waals surface area contributed by atoms with Crippen molar-refractivity contribution in [3.8, 4) is 0 Å². The molecule has 0 atom stereocenters. The largest absolute Gasteiger partial charge is 0.342 e. The minimum Gasteiger partial charge on any atom is -0.342 e. The molecule has 0 fully saturated rings. The number of thiophene rings is 2. The van der Waals surface area contributed by atoms with E-state index in [1.165, 1.54) is 9.40 Å². The van der Waals surface area contributed by atoms with Gasteiger partial charge in [0.25, 0.3) is 0 Å². The molecule has 52 heavy (non-hydrogen) atoms. The fourth-order valence-electron chi connectivity index (χ4n) is 8.32. The number of Topliss-reactive ketones (excluding diaryl/α,β-unsaturated/α-hetero) is 4. The highest BCUT2D eigenvalue weighted by atomic mass is 32.1. The van der Waals surface area contributed by atoms with Crippen LogP contribution in [0.1, 0.15) is 52.8 Å².